The zero-order chi connectivity index (χ0) is 12.4. The molecular weight excluding hydrogens is 228 g/mol. The molecule has 2 unspecified atom stereocenters. The summed E-state index contributed by atoms with van der Waals surface area (Å²) in [4.78, 5) is 13.9. The first kappa shape index (κ1) is 12.4. The highest BCUT2D eigenvalue weighted by molar-refractivity contribution is 5.80. The molecule has 0 spiro atoms. The Balaban J connectivity index is 1.37. The molecule has 0 aromatic rings. The Labute approximate surface area is 109 Å². The summed E-state index contributed by atoms with van der Waals surface area (Å²) in [6.45, 7) is 3.57. The molecule has 1 aliphatic carbocycles. The predicted octanol–water partition coefficient (Wildman–Crippen LogP) is 1.16. The maximum atomic E-state index is 11.9. The van der Waals surface area contributed by atoms with Crippen LogP contribution in [-0.4, -0.2) is 49.2 Å². The minimum Gasteiger partial charge on any atom is -0.380 e. The van der Waals surface area contributed by atoms with Crippen LogP contribution < -0.4 is 5.32 Å². The van der Waals surface area contributed by atoms with E-state index in [1.807, 2.05) is 0 Å². The SMILES string of the molecule is O=C1CC(NCCOCC2CC2)C2CCCCN12. The van der Waals surface area contributed by atoms with Gasteiger partial charge in [-0.05, 0) is 38.0 Å². The number of carbonyl (C=O) groups excluding carboxylic acids is 1. The zero-order valence-corrected chi connectivity index (χ0v) is 11.1. The highest BCUT2D eigenvalue weighted by Crippen LogP contribution is 2.29. The van der Waals surface area contributed by atoms with Crippen LogP contribution in [0.1, 0.15) is 38.5 Å². The van der Waals surface area contributed by atoms with Gasteiger partial charge in [-0.2, -0.15) is 0 Å². The van der Waals surface area contributed by atoms with Gasteiger partial charge in [-0.1, -0.05) is 0 Å². The van der Waals surface area contributed by atoms with Crippen molar-refractivity contribution in [2.75, 3.05) is 26.3 Å². The number of amides is 1. The van der Waals surface area contributed by atoms with Gasteiger partial charge < -0.3 is 15.0 Å². The molecule has 3 aliphatic rings. The quantitative estimate of drug-likeness (QED) is 0.721. The van der Waals surface area contributed by atoms with E-state index in [0.29, 0.717) is 24.4 Å². The molecule has 0 aromatic heterocycles. The normalized spacial score (nSPS) is 31.8. The number of piperidine rings is 1. The van der Waals surface area contributed by atoms with Crippen molar-refractivity contribution < 1.29 is 9.53 Å². The van der Waals surface area contributed by atoms with Crippen LogP contribution in [0.5, 0.6) is 0 Å². The van der Waals surface area contributed by atoms with E-state index in [4.69, 9.17) is 4.74 Å². The van der Waals surface area contributed by atoms with Crippen LogP contribution in [0.15, 0.2) is 0 Å². The van der Waals surface area contributed by atoms with E-state index in [-0.39, 0.29) is 0 Å². The van der Waals surface area contributed by atoms with Gasteiger partial charge in [-0.3, -0.25) is 4.79 Å². The fourth-order valence-electron chi connectivity index (χ4n) is 3.19. The molecule has 0 bridgehead atoms. The Morgan fingerprint density at radius 3 is 3.00 bits per heavy atom. The molecule has 2 aliphatic heterocycles. The van der Waals surface area contributed by atoms with Crippen LogP contribution in [0.2, 0.25) is 0 Å². The van der Waals surface area contributed by atoms with Gasteiger partial charge in [-0.25, -0.2) is 0 Å². The van der Waals surface area contributed by atoms with Crippen LogP contribution in [0, 0.1) is 5.92 Å². The fourth-order valence-corrected chi connectivity index (χ4v) is 3.19. The van der Waals surface area contributed by atoms with Gasteiger partial charge in [0.2, 0.25) is 5.91 Å². The number of carbonyl (C=O) groups is 1. The molecule has 4 nitrogen and oxygen atoms in total. The van der Waals surface area contributed by atoms with Crippen molar-refractivity contribution >= 4 is 5.91 Å². The Kier molecular flexibility index (Phi) is 3.85. The first-order valence-corrected chi connectivity index (χ1v) is 7.45. The lowest BCUT2D eigenvalue weighted by Crippen LogP contribution is -2.46. The van der Waals surface area contributed by atoms with E-state index in [1.165, 1.54) is 32.1 Å². The third-order valence-electron chi connectivity index (χ3n) is 4.43. The number of ether oxygens (including phenoxy) is 1. The molecule has 102 valence electrons. The third kappa shape index (κ3) is 2.86. The monoisotopic (exact) mass is 252 g/mol. The zero-order valence-electron chi connectivity index (χ0n) is 11.1. The molecule has 3 rings (SSSR count). The molecule has 0 radical (unpaired) electrons. The van der Waals surface area contributed by atoms with Crippen LogP contribution in [0.3, 0.4) is 0 Å². The van der Waals surface area contributed by atoms with Crippen LogP contribution in [0.4, 0.5) is 0 Å². The predicted molar refractivity (Wildman–Crippen MR) is 69.3 cm³/mol. The second-order valence-electron chi connectivity index (χ2n) is 5.93. The summed E-state index contributed by atoms with van der Waals surface area (Å²) in [5.74, 6) is 1.18. The van der Waals surface area contributed by atoms with Crippen LogP contribution in [0.25, 0.3) is 0 Å². The van der Waals surface area contributed by atoms with Crippen LogP contribution >= 0.6 is 0 Å². The second kappa shape index (κ2) is 5.57. The van der Waals surface area contributed by atoms with Crippen molar-refractivity contribution in [1.29, 1.82) is 0 Å². The molecule has 4 heteroatoms. The lowest BCUT2D eigenvalue weighted by molar-refractivity contribution is -0.129. The molecule has 18 heavy (non-hydrogen) atoms. The van der Waals surface area contributed by atoms with Crippen molar-refractivity contribution in [3.8, 4) is 0 Å². The van der Waals surface area contributed by atoms with Gasteiger partial charge >= 0.3 is 0 Å². The number of hydrogen-bond donors (Lipinski definition) is 1. The van der Waals surface area contributed by atoms with Crippen molar-refractivity contribution in [1.82, 2.24) is 10.2 Å². The number of nitrogens with zero attached hydrogens (tertiary/aromatic N) is 1. The summed E-state index contributed by atoms with van der Waals surface area (Å²) in [6.07, 6.45) is 7.01. The van der Waals surface area contributed by atoms with E-state index in [1.54, 1.807) is 0 Å². The van der Waals surface area contributed by atoms with E-state index in [2.05, 4.69) is 10.2 Å². The minimum absolute atomic E-state index is 0.344. The summed E-state index contributed by atoms with van der Waals surface area (Å²) in [6, 6.07) is 0.817. The Hall–Kier alpha value is -0.610. The fraction of sp³-hybridized carbons (Fsp3) is 0.929. The Bertz CT molecular complexity index is 304. The van der Waals surface area contributed by atoms with Gasteiger partial charge in [0.1, 0.15) is 0 Å². The van der Waals surface area contributed by atoms with Crippen molar-refractivity contribution in [3.05, 3.63) is 0 Å². The first-order chi connectivity index (χ1) is 8.84. The molecular formula is C14H24N2O2. The first-order valence-electron chi connectivity index (χ1n) is 7.45. The average Bonchev–Trinajstić information content (AvgIpc) is 3.16. The molecule has 3 fully saturated rings. The molecule has 0 aromatic carbocycles. The molecule has 2 heterocycles. The number of nitrogens with one attached hydrogen (secondary N) is 1. The lowest BCUT2D eigenvalue weighted by Gasteiger charge is -2.32. The minimum atomic E-state index is 0.344. The number of hydrogen-bond acceptors (Lipinski definition) is 3. The third-order valence-corrected chi connectivity index (χ3v) is 4.43. The van der Waals surface area contributed by atoms with Gasteiger partial charge in [0, 0.05) is 38.2 Å². The smallest absolute Gasteiger partial charge is 0.224 e. The maximum absolute atomic E-state index is 11.9. The average molecular weight is 252 g/mol. The molecule has 2 saturated heterocycles. The van der Waals surface area contributed by atoms with Gasteiger partial charge in [0.05, 0.1) is 6.61 Å². The largest absolute Gasteiger partial charge is 0.380 e. The summed E-state index contributed by atoms with van der Waals surface area (Å²) in [7, 11) is 0. The topological polar surface area (TPSA) is 41.6 Å². The van der Waals surface area contributed by atoms with Crippen molar-refractivity contribution in [3.63, 3.8) is 0 Å². The standard InChI is InChI=1S/C14H24N2O2/c17-14-9-12(13-3-1-2-7-16(13)14)15-6-8-18-10-11-4-5-11/h11-13,15H,1-10H2. The summed E-state index contributed by atoms with van der Waals surface area (Å²) in [5.41, 5.74) is 0. The lowest BCUT2D eigenvalue weighted by atomic mass is 9.99. The maximum Gasteiger partial charge on any atom is 0.224 e. The molecule has 2 atom stereocenters. The van der Waals surface area contributed by atoms with Crippen LogP contribution in [-0.2, 0) is 9.53 Å². The Morgan fingerprint density at radius 1 is 1.28 bits per heavy atom. The highest BCUT2D eigenvalue weighted by atomic mass is 16.5. The summed E-state index contributed by atoms with van der Waals surface area (Å²) >= 11 is 0. The number of fused-ring (bicyclic) bond motifs is 1. The van der Waals surface area contributed by atoms with Crippen molar-refractivity contribution in [2.45, 2.75) is 50.6 Å². The van der Waals surface area contributed by atoms with Gasteiger partial charge in [0.25, 0.3) is 0 Å². The van der Waals surface area contributed by atoms with E-state index < -0.39 is 0 Å². The summed E-state index contributed by atoms with van der Waals surface area (Å²) in [5, 5.41) is 3.52. The van der Waals surface area contributed by atoms with E-state index in [0.717, 1.165) is 32.2 Å². The highest BCUT2D eigenvalue weighted by Gasteiger charge is 2.40. The molecule has 1 amide bonds. The number of rotatable bonds is 6. The van der Waals surface area contributed by atoms with Crippen molar-refractivity contribution in [2.24, 2.45) is 5.92 Å². The molecule has 1 N–H and O–H groups in total. The second-order valence-corrected chi connectivity index (χ2v) is 5.93. The van der Waals surface area contributed by atoms with Gasteiger partial charge in [-0.15, -0.1) is 0 Å². The molecule has 1 saturated carbocycles. The summed E-state index contributed by atoms with van der Waals surface area (Å²) < 4.78 is 5.62. The van der Waals surface area contributed by atoms with Gasteiger partial charge in [0.15, 0.2) is 0 Å². The van der Waals surface area contributed by atoms with E-state index in [9.17, 15) is 4.79 Å². The van der Waals surface area contributed by atoms with E-state index >= 15 is 0 Å². The Morgan fingerprint density at radius 2 is 2.17 bits per heavy atom.